The van der Waals surface area contributed by atoms with Crippen molar-refractivity contribution < 1.29 is 19.0 Å². The molecule has 0 spiro atoms. The van der Waals surface area contributed by atoms with E-state index in [0.717, 1.165) is 22.6 Å². The van der Waals surface area contributed by atoms with Crippen LogP contribution in [0, 0.1) is 0 Å². The van der Waals surface area contributed by atoms with Crippen molar-refractivity contribution >= 4 is 5.91 Å². The van der Waals surface area contributed by atoms with Gasteiger partial charge in [-0.05, 0) is 35.4 Å². The lowest BCUT2D eigenvalue weighted by atomic mass is 10.1. The van der Waals surface area contributed by atoms with Crippen molar-refractivity contribution in [2.75, 3.05) is 27.9 Å². The van der Waals surface area contributed by atoms with E-state index in [1.54, 1.807) is 19.1 Å². The van der Waals surface area contributed by atoms with Gasteiger partial charge in [0.25, 0.3) is 0 Å². The number of hydrogen-bond acceptors (Lipinski definition) is 4. The summed E-state index contributed by atoms with van der Waals surface area (Å²) in [5.41, 5.74) is 2.07. The Balaban J connectivity index is 2.11. The normalized spacial score (nSPS) is 10.3. The minimum absolute atomic E-state index is 0.0517. The molecule has 0 aromatic heterocycles. The Labute approximate surface area is 142 Å². The number of carbonyl (C=O) groups is 1. The van der Waals surface area contributed by atoms with Crippen LogP contribution in [0.25, 0.3) is 0 Å². The van der Waals surface area contributed by atoms with Crippen LogP contribution in [-0.4, -0.2) is 38.7 Å². The third-order valence-corrected chi connectivity index (χ3v) is 3.69. The van der Waals surface area contributed by atoms with Gasteiger partial charge in [0.2, 0.25) is 5.91 Å². The number of hydrogen-bond donors (Lipinski definition) is 0. The van der Waals surface area contributed by atoms with E-state index < -0.39 is 0 Å². The third kappa shape index (κ3) is 4.99. The summed E-state index contributed by atoms with van der Waals surface area (Å²) >= 11 is 0. The Morgan fingerprint density at radius 3 is 1.54 bits per heavy atom. The van der Waals surface area contributed by atoms with E-state index >= 15 is 0 Å². The van der Waals surface area contributed by atoms with E-state index in [1.807, 2.05) is 48.5 Å². The van der Waals surface area contributed by atoms with E-state index in [0.29, 0.717) is 13.1 Å². The van der Waals surface area contributed by atoms with Crippen LogP contribution in [0.4, 0.5) is 0 Å². The van der Waals surface area contributed by atoms with Crippen molar-refractivity contribution in [2.24, 2.45) is 0 Å². The predicted molar refractivity (Wildman–Crippen MR) is 92.1 cm³/mol. The van der Waals surface area contributed by atoms with E-state index in [2.05, 4.69) is 0 Å². The smallest absolute Gasteiger partial charge is 0.249 e. The van der Waals surface area contributed by atoms with Gasteiger partial charge in [0.15, 0.2) is 0 Å². The van der Waals surface area contributed by atoms with E-state index in [-0.39, 0.29) is 12.5 Å². The maximum atomic E-state index is 12.3. The molecule has 0 bridgehead atoms. The predicted octanol–water partition coefficient (Wildman–Crippen LogP) is 2.88. The summed E-state index contributed by atoms with van der Waals surface area (Å²) in [5, 5.41) is 0. The third-order valence-electron chi connectivity index (χ3n) is 3.69. The molecule has 0 heterocycles. The van der Waals surface area contributed by atoms with Crippen molar-refractivity contribution in [3.05, 3.63) is 59.7 Å². The second kappa shape index (κ2) is 8.93. The molecular formula is C19H23NO4. The molecule has 0 aliphatic carbocycles. The molecule has 24 heavy (non-hydrogen) atoms. The fourth-order valence-electron chi connectivity index (χ4n) is 2.35. The van der Waals surface area contributed by atoms with Crippen LogP contribution in [0.3, 0.4) is 0 Å². The van der Waals surface area contributed by atoms with Crippen LogP contribution in [-0.2, 0) is 22.6 Å². The highest BCUT2D eigenvalue weighted by Gasteiger charge is 2.14. The number of carbonyl (C=O) groups excluding carboxylic acids is 1. The lowest BCUT2D eigenvalue weighted by Crippen LogP contribution is -2.32. The first-order valence-corrected chi connectivity index (χ1v) is 7.69. The zero-order valence-electron chi connectivity index (χ0n) is 14.3. The van der Waals surface area contributed by atoms with E-state index in [4.69, 9.17) is 14.2 Å². The summed E-state index contributed by atoms with van der Waals surface area (Å²) < 4.78 is 15.3. The van der Waals surface area contributed by atoms with Gasteiger partial charge in [-0.1, -0.05) is 24.3 Å². The van der Waals surface area contributed by atoms with Crippen LogP contribution in [0.1, 0.15) is 11.1 Å². The number of ether oxygens (including phenoxy) is 3. The summed E-state index contributed by atoms with van der Waals surface area (Å²) in [7, 11) is 4.79. The molecule has 0 saturated carbocycles. The van der Waals surface area contributed by atoms with E-state index in [9.17, 15) is 4.79 Å². The quantitative estimate of drug-likeness (QED) is 0.747. The molecule has 0 aliphatic rings. The topological polar surface area (TPSA) is 48.0 Å². The molecule has 2 aromatic rings. The summed E-state index contributed by atoms with van der Waals surface area (Å²) in [6.45, 7) is 1.09. The van der Waals surface area contributed by atoms with Gasteiger partial charge >= 0.3 is 0 Å². The molecule has 1 amide bonds. The number of nitrogens with zero attached hydrogens (tertiary/aromatic N) is 1. The minimum Gasteiger partial charge on any atom is -0.497 e. The van der Waals surface area contributed by atoms with Crippen LogP contribution in [0.2, 0.25) is 0 Å². The Hall–Kier alpha value is -2.53. The van der Waals surface area contributed by atoms with Gasteiger partial charge in [-0.15, -0.1) is 0 Å². The molecule has 5 heteroatoms. The fraction of sp³-hybridized carbons (Fsp3) is 0.316. The molecule has 0 N–H and O–H groups in total. The molecule has 0 unspecified atom stereocenters. The van der Waals surface area contributed by atoms with Gasteiger partial charge in [-0.3, -0.25) is 4.79 Å². The Morgan fingerprint density at radius 2 is 1.21 bits per heavy atom. The summed E-state index contributed by atoms with van der Waals surface area (Å²) in [6, 6.07) is 15.4. The molecular weight excluding hydrogens is 306 g/mol. The molecule has 0 radical (unpaired) electrons. The Morgan fingerprint density at radius 1 is 0.792 bits per heavy atom. The van der Waals surface area contributed by atoms with Crippen molar-refractivity contribution in [1.29, 1.82) is 0 Å². The lowest BCUT2D eigenvalue weighted by Gasteiger charge is -2.23. The standard InChI is InChI=1S/C19H23NO4/c1-22-14-19(21)20(12-15-4-8-17(23-2)9-5-15)13-16-6-10-18(24-3)11-7-16/h4-11H,12-14H2,1-3H3. The number of rotatable bonds is 8. The van der Waals surface area contributed by atoms with Crippen LogP contribution in [0.5, 0.6) is 11.5 Å². The van der Waals surface area contributed by atoms with Gasteiger partial charge in [-0.25, -0.2) is 0 Å². The van der Waals surface area contributed by atoms with Gasteiger partial charge in [-0.2, -0.15) is 0 Å². The average Bonchev–Trinajstić information content (AvgIpc) is 2.62. The molecule has 5 nitrogen and oxygen atoms in total. The molecule has 128 valence electrons. The maximum absolute atomic E-state index is 12.3. The lowest BCUT2D eigenvalue weighted by molar-refractivity contribution is -0.136. The second-order valence-corrected chi connectivity index (χ2v) is 5.38. The van der Waals surface area contributed by atoms with Crippen LogP contribution in [0.15, 0.2) is 48.5 Å². The fourth-order valence-corrected chi connectivity index (χ4v) is 2.35. The molecule has 0 saturated heterocycles. The minimum atomic E-state index is -0.0517. The largest absolute Gasteiger partial charge is 0.497 e. The highest BCUT2D eigenvalue weighted by Crippen LogP contribution is 2.17. The Bertz CT molecular complexity index is 588. The van der Waals surface area contributed by atoms with Crippen molar-refractivity contribution in [3.63, 3.8) is 0 Å². The molecule has 0 fully saturated rings. The maximum Gasteiger partial charge on any atom is 0.249 e. The SMILES string of the molecule is COCC(=O)N(Cc1ccc(OC)cc1)Cc1ccc(OC)cc1. The van der Waals surface area contributed by atoms with Gasteiger partial charge < -0.3 is 19.1 Å². The monoisotopic (exact) mass is 329 g/mol. The zero-order chi connectivity index (χ0) is 17.4. The first-order valence-electron chi connectivity index (χ1n) is 7.69. The second-order valence-electron chi connectivity index (χ2n) is 5.38. The number of methoxy groups -OCH3 is 3. The van der Waals surface area contributed by atoms with Gasteiger partial charge in [0, 0.05) is 20.2 Å². The van der Waals surface area contributed by atoms with Crippen LogP contribution >= 0.6 is 0 Å². The molecule has 0 aliphatic heterocycles. The van der Waals surface area contributed by atoms with Crippen molar-refractivity contribution in [2.45, 2.75) is 13.1 Å². The van der Waals surface area contributed by atoms with Crippen LogP contribution < -0.4 is 9.47 Å². The summed E-state index contributed by atoms with van der Waals surface area (Å²) in [4.78, 5) is 14.1. The van der Waals surface area contributed by atoms with Gasteiger partial charge in [0.05, 0.1) is 14.2 Å². The molecule has 0 atom stereocenters. The van der Waals surface area contributed by atoms with Crippen molar-refractivity contribution in [1.82, 2.24) is 4.90 Å². The van der Waals surface area contributed by atoms with Crippen molar-refractivity contribution in [3.8, 4) is 11.5 Å². The highest BCUT2D eigenvalue weighted by atomic mass is 16.5. The summed E-state index contributed by atoms with van der Waals surface area (Å²) in [6.07, 6.45) is 0. The first kappa shape index (κ1) is 17.8. The Kier molecular flexibility index (Phi) is 6.63. The zero-order valence-corrected chi connectivity index (χ0v) is 14.3. The highest BCUT2D eigenvalue weighted by molar-refractivity contribution is 5.77. The number of amides is 1. The van der Waals surface area contributed by atoms with E-state index in [1.165, 1.54) is 7.11 Å². The molecule has 2 rings (SSSR count). The summed E-state index contributed by atoms with van der Waals surface area (Å²) in [5.74, 6) is 1.54. The first-order chi connectivity index (χ1) is 11.7. The average molecular weight is 329 g/mol. The van der Waals surface area contributed by atoms with Gasteiger partial charge in [0.1, 0.15) is 18.1 Å². The molecule has 2 aromatic carbocycles. The number of benzene rings is 2.